The van der Waals surface area contributed by atoms with Crippen LogP contribution >= 0.6 is 0 Å². The highest BCUT2D eigenvalue weighted by Crippen LogP contribution is 2.14. The van der Waals surface area contributed by atoms with E-state index in [1.165, 1.54) is 0 Å². The first-order valence-corrected chi connectivity index (χ1v) is 5.03. The molecule has 2 heterocycles. The second kappa shape index (κ2) is 5.29. The second-order valence-electron chi connectivity index (χ2n) is 3.42. The van der Waals surface area contributed by atoms with Crippen molar-refractivity contribution < 1.29 is 0 Å². The molecule has 0 saturated heterocycles. The summed E-state index contributed by atoms with van der Waals surface area (Å²) in [6.07, 6.45) is 5.85. The maximum Gasteiger partial charge on any atom is 0.0544 e. The molecule has 5 heteroatoms. The minimum Gasteiger partial charge on any atom is -0.271 e. The lowest BCUT2D eigenvalue weighted by atomic mass is 10.0. The zero-order chi connectivity index (χ0) is 11.2. The molecule has 1 unspecified atom stereocenters. The fourth-order valence-electron chi connectivity index (χ4n) is 1.51. The van der Waals surface area contributed by atoms with Gasteiger partial charge in [0.05, 0.1) is 12.2 Å². The molecule has 16 heavy (non-hydrogen) atoms. The minimum absolute atomic E-state index is 0.00500. The molecular weight excluding hydrogens is 202 g/mol. The van der Waals surface area contributed by atoms with Crippen molar-refractivity contribution in [1.82, 2.24) is 20.6 Å². The molecule has 0 amide bonds. The Morgan fingerprint density at radius 3 is 2.75 bits per heavy atom. The monoisotopic (exact) mass is 215 g/mol. The highest BCUT2D eigenvalue weighted by Gasteiger charge is 2.10. The van der Waals surface area contributed by atoms with E-state index in [2.05, 4.69) is 20.6 Å². The number of nitrogens with two attached hydrogens (primary N) is 1. The number of rotatable bonds is 4. The van der Waals surface area contributed by atoms with Crippen molar-refractivity contribution in [3.63, 3.8) is 0 Å². The van der Waals surface area contributed by atoms with E-state index in [4.69, 9.17) is 5.84 Å². The predicted molar refractivity (Wildman–Crippen MR) is 60.0 cm³/mol. The summed E-state index contributed by atoms with van der Waals surface area (Å²) in [6, 6.07) is 7.72. The van der Waals surface area contributed by atoms with Crippen molar-refractivity contribution in [2.75, 3.05) is 0 Å². The van der Waals surface area contributed by atoms with Crippen molar-refractivity contribution in [3.8, 4) is 0 Å². The fourth-order valence-corrected chi connectivity index (χ4v) is 1.51. The molecule has 0 radical (unpaired) electrons. The van der Waals surface area contributed by atoms with Gasteiger partial charge in [-0.1, -0.05) is 6.07 Å². The molecule has 0 spiro atoms. The minimum atomic E-state index is 0.00500. The summed E-state index contributed by atoms with van der Waals surface area (Å²) in [5.74, 6) is 5.53. The van der Waals surface area contributed by atoms with Gasteiger partial charge >= 0.3 is 0 Å². The molecule has 2 rings (SSSR count). The number of nitrogens with one attached hydrogen (secondary N) is 1. The quantitative estimate of drug-likeness (QED) is 0.577. The Morgan fingerprint density at radius 2 is 2.12 bits per heavy atom. The summed E-state index contributed by atoms with van der Waals surface area (Å²) < 4.78 is 0. The molecule has 0 fully saturated rings. The van der Waals surface area contributed by atoms with Crippen molar-refractivity contribution in [2.24, 2.45) is 5.84 Å². The molecule has 82 valence electrons. The van der Waals surface area contributed by atoms with Crippen LogP contribution < -0.4 is 11.3 Å². The first-order chi connectivity index (χ1) is 7.90. The Hall–Kier alpha value is -1.85. The fraction of sp³-hybridized carbons (Fsp3) is 0.182. The van der Waals surface area contributed by atoms with Crippen LogP contribution in [0.2, 0.25) is 0 Å². The van der Waals surface area contributed by atoms with E-state index >= 15 is 0 Å². The van der Waals surface area contributed by atoms with Gasteiger partial charge in [-0.05, 0) is 23.8 Å². The average Bonchev–Trinajstić information content (AvgIpc) is 2.38. The van der Waals surface area contributed by atoms with Crippen LogP contribution in [0, 0.1) is 0 Å². The lowest BCUT2D eigenvalue weighted by Crippen LogP contribution is -2.29. The van der Waals surface area contributed by atoms with Gasteiger partial charge in [0.1, 0.15) is 0 Å². The highest BCUT2D eigenvalue weighted by molar-refractivity contribution is 5.15. The Morgan fingerprint density at radius 1 is 1.19 bits per heavy atom. The molecule has 5 nitrogen and oxygen atoms in total. The molecule has 2 aromatic rings. The first kappa shape index (κ1) is 10.7. The van der Waals surface area contributed by atoms with Crippen LogP contribution in [0.15, 0.2) is 42.9 Å². The van der Waals surface area contributed by atoms with Crippen LogP contribution in [-0.2, 0) is 6.42 Å². The van der Waals surface area contributed by atoms with Crippen LogP contribution in [0.25, 0.3) is 0 Å². The topological polar surface area (TPSA) is 76.7 Å². The smallest absolute Gasteiger partial charge is 0.0544 e. The Bertz CT molecular complexity index is 417. The van der Waals surface area contributed by atoms with Gasteiger partial charge in [0.25, 0.3) is 0 Å². The van der Waals surface area contributed by atoms with Gasteiger partial charge in [0.2, 0.25) is 0 Å². The number of pyridine rings is 1. The number of hydrazine groups is 1. The molecule has 0 saturated carbocycles. The largest absolute Gasteiger partial charge is 0.271 e. The second-order valence-corrected chi connectivity index (χ2v) is 3.42. The number of hydrogen-bond donors (Lipinski definition) is 2. The summed E-state index contributed by atoms with van der Waals surface area (Å²) in [5.41, 5.74) is 4.75. The lowest BCUT2D eigenvalue weighted by molar-refractivity contribution is 0.543. The van der Waals surface area contributed by atoms with Crippen LogP contribution in [0.5, 0.6) is 0 Å². The van der Waals surface area contributed by atoms with E-state index in [0.717, 1.165) is 17.7 Å². The molecule has 1 atom stereocenters. The van der Waals surface area contributed by atoms with Crippen molar-refractivity contribution in [1.29, 1.82) is 0 Å². The van der Waals surface area contributed by atoms with Gasteiger partial charge in [-0.15, -0.1) is 0 Å². The predicted octanol–water partition coefficient (Wildman–Crippen LogP) is 0.619. The molecular formula is C11H13N5. The number of aromatic nitrogens is 3. The summed E-state index contributed by atoms with van der Waals surface area (Å²) in [4.78, 5) is 4.26. The van der Waals surface area contributed by atoms with Gasteiger partial charge < -0.3 is 0 Å². The van der Waals surface area contributed by atoms with E-state index < -0.39 is 0 Å². The zero-order valence-electron chi connectivity index (χ0n) is 8.74. The van der Waals surface area contributed by atoms with E-state index in [9.17, 15) is 0 Å². The zero-order valence-corrected chi connectivity index (χ0v) is 8.74. The number of hydrogen-bond acceptors (Lipinski definition) is 5. The Kier molecular flexibility index (Phi) is 3.53. The van der Waals surface area contributed by atoms with Gasteiger partial charge in [-0.3, -0.25) is 16.3 Å². The van der Waals surface area contributed by atoms with Crippen LogP contribution in [0.3, 0.4) is 0 Å². The van der Waals surface area contributed by atoms with Crippen molar-refractivity contribution >= 4 is 0 Å². The summed E-state index contributed by atoms with van der Waals surface area (Å²) >= 11 is 0. The summed E-state index contributed by atoms with van der Waals surface area (Å²) in [5, 5.41) is 7.56. The Labute approximate surface area is 93.7 Å². The first-order valence-electron chi connectivity index (χ1n) is 5.03. The maximum absolute atomic E-state index is 5.53. The third-order valence-corrected chi connectivity index (χ3v) is 2.35. The Balaban J connectivity index is 2.13. The standard InChI is InChI=1S/C11H13N5/c12-16-11(9-4-6-14-15-8-9)7-10-3-1-2-5-13-10/h1-6,8,11,16H,7,12H2. The van der Waals surface area contributed by atoms with Crippen molar-refractivity contribution in [2.45, 2.75) is 12.5 Å². The third-order valence-electron chi connectivity index (χ3n) is 2.35. The van der Waals surface area contributed by atoms with E-state index in [1.54, 1.807) is 18.6 Å². The van der Waals surface area contributed by atoms with Gasteiger partial charge in [0.15, 0.2) is 0 Å². The molecule has 0 aromatic carbocycles. The maximum atomic E-state index is 5.53. The average molecular weight is 215 g/mol. The van der Waals surface area contributed by atoms with Gasteiger partial charge in [-0.2, -0.15) is 10.2 Å². The summed E-state index contributed by atoms with van der Waals surface area (Å²) in [6.45, 7) is 0. The number of nitrogens with zero attached hydrogens (tertiary/aromatic N) is 3. The van der Waals surface area contributed by atoms with E-state index in [-0.39, 0.29) is 6.04 Å². The summed E-state index contributed by atoms with van der Waals surface area (Å²) in [7, 11) is 0. The highest BCUT2D eigenvalue weighted by atomic mass is 15.2. The molecule has 3 N–H and O–H groups in total. The van der Waals surface area contributed by atoms with Crippen LogP contribution in [-0.4, -0.2) is 15.2 Å². The molecule has 0 aliphatic carbocycles. The van der Waals surface area contributed by atoms with Crippen LogP contribution in [0.1, 0.15) is 17.3 Å². The third kappa shape index (κ3) is 2.59. The van der Waals surface area contributed by atoms with Crippen molar-refractivity contribution in [3.05, 3.63) is 54.1 Å². The van der Waals surface area contributed by atoms with Gasteiger partial charge in [-0.25, -0.2) is 0 Å². The molecule has 0 aliphatic heterocycles. The van der Waals surface area contributed by atoms with E-state index in [1.807, 2.05) is 24.3 Å². The van der Waals surface area contributed by atoms with Crippen LogP contribution in [0.4, 0.5) is 0 Å². The molecule has 0 bridgehead atoms. The normalized spacial score (nSPS) is 12.3. The SMILES string of the molecule is NNC(Cc1ccccn1)c1ccnnc1. The molecule has 0 aliphatic rings. The lowest BCUT2D eigenvalue weighted by Gasteiger charge is -2.14. The van der Waals surface area contributed by atoms with E-state index in [0.29, 0.717) is 0 Å². The van der Waals surface area contributed by atoms with Gasteiger partial charge in [0, 0.05) is 24.5 Å². The molecule has 2 aromatic heterocycles.